The van der Waals surface area contributed by atoms with E-state index in [0.29, 0.717) is 0 Å². The third-order valence-corrected chi connectivity index (χ3v) is 1.10. The van der Waals surface area contributed by atoms with Crippen LogP contribution >= 0.6 is 0 Å². The Labute approximate surface area is 78.8 Å². The van der Waals surface area contributed by atoms with Gasteiger partial charge in [-0.2, -0.15) is 0 Å². The summed E-state index contributed by atoms with van der Waals surface area (Å²) in [6, 6.07) is 12.0. The molecule has 4 N–H and O–H groups in total. The molecule has 70 valence electrons. The summed E-state index contributed by atoms with van der Waals surface area (Å²) in [7, 11) is 1.75. The number of nitrogens with one attached hydrogen (secondary N) is 2. The number of hydrogen-bond acceptors (Lipinski definition) is 2. The van der Waals surface area contributed by atoms with Crippen LogP contribution in [0.5, 0.6) is 0 Å². The van der Waals surface area contributed by atoms with Crippen LogP contribution < -0.4 is 11.1 Å². The predicted octanol–water partition coefficient (Wildman–Crippen LogP) is 1.34. The van der Waals surface area contributed by atoms with Gasteiger partial charge in [0.2, 0.25) is 0 Å². The minimum atomic E-state index is 0.0642. The summed E-state index contributed by atoms with van der Waals surface area (Å²) in [5.74, 6) is 0.0642. The molecule has 0 spiro atoms. The van der Waals surface area contributed by atoms with E-state index in [4.69, 9.17) is 11.1 Å². The van der Waals surface area contributed by atoms with Crippen LogP contribution in [0.4, 0.5) is 0 Å². The van der Waals surface area contributed by atoms with Crippen molar-refractivity contribution in [1.82, 2.24) is 5.32 Å². The van der Waals surface area contributed by atoms with Crippen molar-refractivity contribution < 1.29 is 0 Å². The Morgan fingerprint density at radius 2 is 1.54 bits per heavy atom. The number of amidine groups is 1. The van der Waals surface area contributed by atoms with Gasteiger partial charge >= 0.3 is 0 Å². The molecule has 0 saturated carbocycles. The fraction of sp³-hybridized carbons (Fsp3) is 0.100. The van der Waals surface area contributed by atoms with Gasteiger partial charge in [-0.1, -0.05) is 36.4 Å². The summed E-state index contributed by atoms with van der Waals surface area (Å²) in [5, 5.41) is 9.35. The lowest BCUT2D eigenvalue weighted by Gasteiger charge is -1.82. The topological polar surface area (TPSA) is 61.9 Å². The molecule has 13 heavy (non-hydrogen) atoms. The van der Waals surface area contributed by atoms with Crippen molar-refractivity contribution in [3.63, 3.8) is 0 Å². The van der Waals surface area contributed by atoms with Crippen molar-refractivity contribution in [3.8, 4) is 0 Å². The van der Waals surface area contributed by atoms with E-state index in [1.165, 1.54) is 6.08 Å². The summed E-state index contributed by atoms with van der Waals surface area (Å²) in [5.41, 5.74) is 4.93. The zero-order valence-corrected chi connectivity index (χ0v) is 7.70. The molecule has 0 aromatic heterocycles. The maximum Gasteiger partial charge on any atom is 0.116 e. The standard InChI is InChI=1S/C6H6.C4H9N3/c1-2-4-6-5-3-1;1-7-3-2-4(5)6/h1-6H;2-3,7H,1H3,(H3,5,6)/b;3-2-. The molecule has 0 saturated heterocycles. The Bertz CT molecular complexity index is 215. The summed E-state index contributed by atoms with van der Waals surface area (Å²) in [4.78, 5) is 0. The summed E-state index contributed by atoms with van der Waals surface area (Å²) in [6.45, 7) is 0. The number of hydrogen-bond donors (Lipinski definition) is 3. The normalized spacial score (nSPS) is 8.69. The molecular formula is C10H15N3. The second kappa shape index (κ2) is 8.33. The maximum absolute atomic E-state index is 6.65. The van der Waals surface area contributed by atoms with Crippen molar-refractivity contribution in [3.05, 3.63) is 48.7 Å². The van der Waals surface area contributed by atoms with E-state index >= 15 is 0 Å². The Hall–Kier alpha value is -1.77. The first-order valence-corrected chi connectivity index (χ1v) is 3.95. The first-order valence-electron chi connectivity index (χ1n) is 3.95. The van der Waals surface area contributed by atoms with Crippen LogP contribution in [0.1, 0.15) is 0 Å². The Kier molecular flexibility index (Phi) is 7.19. The van der Waals surface area contributed by atoms with Gasteiger partial charge in [-0.15, -0.1) is 0 Å². The van der Waals surface area contributed by atoms with Crippen LogP contribution in [0.25, 0.3) is 0 Å². The first-order chi connectivity index (χ1) is 6.27. The highest BCUT2D eigenvalue weighted by Crippen LogP contribution is 1.79. The smallest absolute Gasteiger partial charge is 0.116 e. The van der Waals surface area contributed by atoms with E-state index < -0.39 is 0 Å². The van der Waals surface area contributed by atoms with E-state index in [1.807, 2.05) is 36.4 Å². The van der Waals surface area contributed by atoms with Gasteiger partial charge in [0.1, 0.15) is 5.84 Å². The lowest BCUT2D eigenvalue weighted by Crippen LogP contribution is -2.06. The van der Waals surface area contributed by atoms with E-state index in [-0.39, 0.29) is 5.84 Å². The molecule has 0 unspecified atom stereocenters. The van der Waals surface area contributed by atoms with Crippen molar-refractivity contribution in [1.29, 1.82) is 5.41 Å². The van der Waals surface area contributed by atoms with Crippen LogP contribution in [0.2, 0.25) is 0 Å². The monoisotopic (exact) mass is 177 g/mol. The molecule has 1 aromatic carbocycles. The average Bonchev–Trinajstić information content (AvgIpc) is 2.18. The molecule has 0 aliphatic rings. The van der Waals surface area contributed by atoms with Gasteiger partial charge < -0.3 is 11.1 Å². The van der Waals surface area contributed by atoms with Gasteiger partial charge in [-0.3, -0.25) is 5.41 Å². The SMILES string of the molecule is CN/C=C\C(=N)N.c1ccccc1. The van der Waals surface area contributed by atoms with E-state index in [9.17, 15) is 0 Å². The molecule has 0 aliphatic carbocycles. The fourth-order valence-electron chi connectivity index (χ4n) is 0.558. The number of benzene rings is 1. The van der Waals surface area contributed by atoms with Gasteiger partial charge in [0.25, 0.3) is 0 Å². The summed E-state index contributed by atoms with van der Waals surface area (Å²) >= 11 is 0. The lowest BCUT2D eigenvalue weighted by molar-refractivity contribution is 1.10. The lowest BCUT2D eigenvalue weighted by atomic mass is 10.4. The molecule has 0 aliphatic heterocycles. The van der Waals surface area contributed by atoms with Crippen LogP contribution in [-0.4, -0.2) is 12.9 Å². The fourth-order valence-corrected chi connectivity index (χ4v) is 0.558. The molecular weight excluding hydrogens is 162 g/mol. The minimum Gasteiger partial charge on any atom is -0.394 e. The van der Waals surface area contributed by atoms with Gasteiger partial charge in [-0.25, -0.2) is 0 Å². The van der Waals surface area contributed by atoms with Gasteiger partial charge in [0.15, 0.2) is 0 Å². The van der Waals surface area contributed by atoms with E-state index in [1.54, 1.807) is 13.2 Å². The van der Waals surface area contributed by atoms with Crippen LogP contribution in [0.3, 0.4) is 0 Å². The molecule has 1 aromatic rings. The van der Waals surface area contributed by atoms with E-state index in [2.05, 4.69) is 5.32 Å². The second-order valence-electron chi connectivity index (χ2n) is 2.23. The van der Waals surface area contributed by atoms with Crippen LogP contribution in [0.15, 0.2) is 48.7 Å². The van der Waals surface area contributed by atoms with Crippen molar-refractivity contribution in [2.45, 2.75) is 0 Å². The Balaban J connectivity index is 0.000000223. The largest absolute Gasteiger partial charge is 0.394 e. The van der Waals surface area contributed by atoms with Gasteiger partial charge in [0.05, 0.1) is 0 Å². The highest BCUT2D eigenvalue weighted by molar-refractivity contribution is 5.88. The molecule has 0 bridgehead atoms. The summed E-state index contributed by atoms with van der Waals surface area (Å²) < 4.78 is 0. The van der Waals surface area contributed by atoms with Crippen LogP contribution in [0, 0.1) is 5.41 Å². The van der Waals surface area contributed by atoms with Crippen molar-refractivity contribution in [2.75, 3.05) is 7.05 Å². The Morgan fingerprint density at radius 1 is 1.15 bits per heavy atom. The van der Waals surface area contributed by atoms with Crippen LogP contribution in [-0.2, 0) is 0 Å². The van der Waals surface area contributed by atoms with Gasteiger partial charge in [0, 0.05) is 7.05 Å². The third-order valence-electron chi connectivity index (χ3n) is 1.10. The maximum atomic E-state index is 6.65. The molecule has 0 amide bonds. The van der Waals surface area contributed by atoms with Crippen molar-refractivity contribution >= 4 is 5.84 Å². The van der Waals surface area contributed by atoms with Crippen molar-refractivity contribution in [2.24, 2.45) is 5.73 Å². The number of nitrogens with two attached hydrogens (primary N) is 1. The highest BCUT2D eigenvalue weighted by atomic mass is 14.8. The minimum absolute atomic E-state index is 0.0642. The quantitative estimate of drug-likeness (QED) is 0.471. The third kappa shape index (κ3) is 10.2. The Morgan fingerprint density at radius 3 is 1.69 bits per heavy atom. The molecule has 3 heteroatoms. The highest BCUT2D eigenvalue weighted by Gasteiger charge is 1.69. The summed E-state index contributed by atoms with van der Waals surface area (Å²) in [6.07, 6.45) is 3.07. The first kappa shape index (κ1) is 11.2. The average molecular weight is 177 g/mol. The predicted molar refractivity (Wildman–Crippen MR) is 56.6 cm³/mol. The molecule has 1 rings (SSSR count). The van der Waals surface area contributed by atoms with Gasteiger partial charge in [-0.05, 0) is 12.3 Å². The molecule has 0 atom stereocenters. The molecule has 0 radical (unpaired) electrons. The second-order valence-corrected chi connectivity index (χ2v) is 2.23. The molecule has 3 nitrogen and oxygen atoms in total. The zero-order chi connectivity index (χ0) is 9.94. The van der Waals surface area contributed by atoms with E-state index in [0.717, 1.165) is 0 Å². The zero-order valence-electron chi connectivity index (χ0n) is 7.70. The molecule has 0 fully saturated rings. The molecule has 0 heterocycles. The number of rotatable bonds is 2.